The number of likely N-dealkylation sites (N-methyl/N-ethyl adjacent to an activating group) is 1. The number of carbonyl (C=O) groups is 2. The van der Waals surface area contributed by atoms with E-state index in [4.69, 9.17) is 0 Å². The predicted molar refractivity (Wildman–Crippen MR) is 45.9 cm³/mol. The summed E-state index contributed by atoms with van der Waals surface area (Å²) in [5.41, 5.74) is 0. The summed E-state index contributed by atoms with van der Waals surface area (Å²) in [4.78, 5) is 21.2. The molecule has 3 nitrogen and oxygen atoms in total. The molecule has 0 aromatic rings. The van der Waals surface area contributed by atoms with Crippen molar-refractivity contribution in [2.75, 3.05) is 7.05 Å². The van der Waals surface area contributed by atoms with Crippen molar-refractivity contribution in [3.63, 3.8) is 0 Å². The Balaban J connectivity index is 2.33. The summed E-state index contributed by atoms with van der Waals surface area (Å²) in [5.74, 6) is 0.343. The van der Waals surface area contributed by atoms with Gasteiger partial charge in [0, 0.05) is 0 Å². The second kappa shape index (κ2) is 4.36. The topological polar surface area (TPSA) is 46.2 Å². The molecule has 3 heteroatoms. The maximum Gasteiger partial charge on any atom is 0.212 e. The molecule has 0 heterocycles. The van der Waals surface area contributed by atoms with Gasteiger partial charge in [-0.1, -0.05) is 19.3 Å². The first-order valence-electron chi connectivity index (χ1n) is 4.44. The number of Topliss-reactive ketones (excluding diaryl/α,β-unsaturated/α-hetero) is 1. The summed E-state index contributed by atoms with van der Waals surface area (Å²) < 4.78 is 0. The fourth-order valence-electron chi connectivity index (χ4n) is 1.52. The van der Waals surface area contributed by atoms with E-state index in [0.717, 1.165) is 6.42 Å². The Bertz CT molecular complexity index is 175. The van der Waals surface area contributed by atoms with E-state index < -0.39 is 0 Å². The maximum atomic E-state index is 11.0. The monoisotopic (exact) mass is 169 g/mol. The highest BCUT2D eigenvalue weighted by Gasteiger charge is 2.24. The van der Waals surface area contributed by atoms with Crippen molar-refractivity contribution < 1.29 is 9.59 Å². The Labute approximate surface area is 72.5 Å². The highest BCUT2D eigenvalue weighted by molar-refractivity contribution is 6.27. The van der Waals surface area contributed by atoms with Crippen molar-refractivity contribution in [1.29, 1.82) is 0 Å². The first-order chi connectivity index (χ1) is 5.77. The molecule has 1 saturated carbocycles. The second-order valence-corrected chi connectivity index (χ2v) is 3.39. The summed E-state index contributed by atoms with van der Waals surface area (Å²) in [7, 11) is 1.73. The molecule has 0 amide bonds. The molecule has 0 aliphatic heterocycles. The molecule has 0 saturated heterocycles. The Morgan fingerprint density at radius 1 is 1.67 bits per heavy atom. The lowest BCUT2D eigenvalue weighted by Gasteiger charge is -2.28. The van der Waals surface area contributed by atoms with Gasteiger partial charge < -0.3 is 5.32 Å². The van der Waals surface area contributed by atoms with Crippen LogP contribution in [-0.2, 0) is 9.59 Å². The molecule has 1 N–H and O–H groups in total. The molecule has 0 radical (unpaired) electrons. The van der Waals surface area contributed by atoms with Gasteiger partial charge in [0.25, 0.3) is 0 Å². The van der Waals surface area contributed by atoms with Gasteiger partial charge in [-0.25, -0.2) is 0 Å². The van der Waals surface area contributed by atoms with Crippen molar-refractivity contribution in [2.45, 2.75) is 31.7 Å². The van der Waals surface area contributed by atoms with Crippen LogP contribution < -0.4 is 5.32 Å². The molecule has 1 aliphatic rings. The predicted octanol–water partition coefficient (Wildman–Crippen LogP) is 0.533. The lowest BCUT2D eigenvalue weighted by atomic mass is 9.80. The number of aldehydes is 1. The summed E-state index contributed by atoms with van der Waals surface area (Å²) in [5, 5.41) is 2.87. The minimum absolute atomic E-state index is 0.243. The summed E-state index contributed by atoms with van der Waals surface area (Å²) in [6.07, 6.45) is 4.94. The molecule has 68 valence electrons. The van der Waals surface area contributed by atoms with E-state index in [2.05, 4.69) is 5.32 Å². The average molecular weight is 169 g/mol. The summed E-state index contributed by atoms with van der Waals surface area (Å²) in [6.45, 7) is 0. The Morgan fingerprint density at radius 3 is 2.67 bits per heavy atom. The number of hydrogen-bond donors (Lipinski definition) is 1. The highest BCUT2D eigenvalue weighted by atomic mass is 16.2. The fraction of sp³-hybridized carbons (Fsp3) is 0.778. The largest absolute Gasteiger partial charge is 0.310 e. The molecule has 1 rings (SSSR count). The molecule has 0 bridgehead atoms. The Morgan fingerprint density at radius 2 is 2.33 bits per heavy atom. The summed E-state index contributed by atoms with van der Waals surface area (Å²) in [6, 6.07) is -0.243. The van der Waals surface area contributed by atoms with Crippen LogP contribution in [-0.4, -0.2) is 25.2 Å². The molecule has 1 aliphatic carbocycles. The van der Waals surface area contributed by atoms with E-state index in [0.29, 0.717) is 12.2 Å². The highest BCUT2D eigenvalue weighted by Crippen LogP contribution is 2.30. The first kappa shape index (κ1) is 9.39. The molecule has 12 heavy (non-hydrogen) atoms. The minimum Gasteiger partial charge on any atom is -0.310 e. The zero-order valence-corrected chi connectivity index (χ0v) is 7.38. The molecular weight excluding hydrogens is 154 g/mol. The van der Waals surface area contributed by atoms with E-state index in [1.54, 1.807) is 7.05 Å². The van der Waals surface area contributed by atoms with E-state index >= 15 is 0 Å². The van der Waals surface area contributed by atoms with Gasteiger partial charge in [0.2, 0.25) is 5.78 Å². The quantitative estimate of drug-likeness (QED) is 0.482. The van der Waals surface area contributed by atoms with E-state index in [1.807, 2.05) is 0 Å². The first-order valence-corrected chi connectivity index (χ1v) is 4.44. The molecule has 1 atom stereocenters. The smallest absolute Gasteiger partial charge is 0.212 e. The molecule has 0 aromatic heterocycles. The van der Waals surface area contributed by atoms with Crippen LogP contribution in [0.1, 0.15) is 25.7 Å². The van der Waals surface area contributed by atoms with Gasteiger partial charge >= 0.3 is 0 Å². The Kier molecular flexibility index (Phi) is 3.41. The fourth-order valence-corrected chi connectivity index (χ4v) is 1.52. The molecule has 0 aromatic carbocycles. The molecule has 1 unspecified atom stereocenters. The normalized spacial score (nSPS) is 19.8. The van der Waals surface area contributed by atoms with E-state index in [9.17, 15) is 9.59 Å². The Hall–Kier alpha value is -0.700. The van der Waals surface area contributed by atoms with Gasteiger partial charge in [-0.05, 0) is 19.4 Å². The number of nitrogens with one attached hydrogen (secondary N) is 1. The van der Waals surface area contributed by atoms with Crippen LogP contribution in [0.5, 0.6) is 0 Å². The van der Waals surface area contributed by atoms with Crippen molar-refractivity contribution >= 4 is 12.1 Å². The van der Waals surface area contributed by atoms with E-state index in [-0.39, 0.29) is 11.8 Å². The zero-order valence-electron chi connectivity index (χ0n) is 7.38. The standard InChI is InChI=1S/C9H15NO2/c1-10-8(9(12)6-11)5-7-3-2-4-7/h6-8,10H,2-5H2,1H3. The minimum atomic E-state index is -0.315. The third kappa shape index (κ3) is 2.14. The lowest BCUT2D eigenvalue weighted by Crippen LogP contribution is -2.37. The third-order valence-electron chi connectivity index (χ3n) is 2.60. The van der Waals surface area contributed by atoms with Gasteiger partial charge in [-0.2, -0.15) is 0 Å². The SMILES string of the molecule is CNC(CC1CCC1)C(=O)C=O. The van der Waals surface area contributed by atoms with Crippen LogP contribution in [0.3, 0.4) is 0 Å². The van der Waals surface area contributed by atoms with Crippen LogP contribution in [0.4, 0.5) is 0 Å². The summed E-state index contributed by atoms with van der Waals surface area (Å²) >= 11 is 0. The maximum absolute atomic E-state index is 11.0. The van der Waals surface area contributed by atoms with Crippen molar-refractivity contribution in [2.24, 2.45) is 5.92 Å². The van der Waals surface area contributed by atoms with Gasteiger partial charge in [0.15, 0.2) is 6.29 Å². The zero-order chi connectivity index (χ0) is 8.97. The van der Waals surface area contributed by atoms with Gasteiger partial charge in [-0.3, -0.25) is 9.59 Å². The number of rotatable bonds is 5. The molecule has 1 fully saturated rings. The van der Waals surface area contributed by atoms with Crippen molar-refractivity contribution in [3.8, 4) is 0 Å². The van der Waals surface area contributed by atoms with Crippen LogP contribution in [0.15, 0.2) is 0 Å². The number of carbonyl (C=O) groups excluding carboxylic acids is 2. The van der Waals surface area contributed by atoms with Gasteiger partial charge in [0.1, 0.15) is 0 Å². The average Bonchev–Trinajstić information content (AvgIpc) is 2.02. The van der Waals surface area contributed by atoms with Crippen LogP contribution in [0.25, 0.3) is 0 Å². The number of hydrogen-bond acceptors (Lipinski definition) is 3. The van der Waals surface area contributed by atoms with Crippen LogP contribution in [0, 0.1) is 5.92 Å². The molecule has 0 spiro atoms. The third-order valence-corrected chi connectivity index (χ3v) is 2.60. The van der Waals surface area contributed by atoms with Gasteiger partial charge in [-0.15, -0.1) is 0 Å². The van der Waals surface area contributed by atoms with E-state index in [1.165, 1.54) is 19.3 Å². The number of ketones is 1. The van der Waals surface area contributed by atoms with Crippen molar-refractivity contribution in [1.82, 2.24) is 5.32 Å². The lowest BCUT2D eigenvalue weighted by molar-refractivity contribution is -0.131. The molecular formula is C9H15NO2. The van der Waals surface area contributed by atoms with Crippen molar-refractivity contribution in [3.05, 3.63) is 0 Å². The van der Waals surface area contributed by atoms with Gasteiger partial charge in [0.05, 0.1) is 6.04 Å². The van der Waals surface area contributed by atoms with Crippen LogP contribution in [0.2, 0.25) is 0 Å². The second-order valence-electron chi connectivity index (χ2n) is 3.39. The van der Waals surface area contributed by atoms with Crippen LogP contribution >= 0.6 is 0 Å².